The lowest BCUT2D eigenvalue weighted by molar-refractivity contribution is 0.167. The van der Waals surface area contributed by atoms with Crippen LogP contribution in [0.25, 0.3) is 0 Å². The summed E-state index contributed by atoms with van der Waals surface area (Å²) in [6, 6.07) is 10.5. The number of fused-ring (bicyclic) bond motifs is 1. The third-order valence-electron chi connectivity index (χ3n) is 4.59. The zero-order valence-corrected chi connectivity index (χ0v) is 14.5. The molecule has 1 aliphatic heterocycles. The van der Waals surface area contributed by atoms with Gasteiger partial charge >= 0.3 is 0 Å². The number of aromatic nitrogens is 3. The van der Waals surface area contributed by atoms with Crippen LogP contribution in [0.1, 0.15) is 11.3 Å². The minimum Gasteiger partial charge on any atom is -0.492 e. The first kappa shape index (κ1) is 16.7. The Bertz CT molecular complexity index is 835. The maximum Gasteiger partial charge on any atom is 0.137 e. The number of imidazole rings is 1. The summed E-state index contributed by atoms with van der Waals surface area (Å²) in [7, 11) is 0. The van der Waals surface area contributed by atoms with Crippen LogP contribution in [-0.4, -0.2) is 32.6 Å². The average molecular weight is 352 g/mol. The smallest absolute Gasteiger partial charge is 0.137 e. The van der Waals surface area contributed by atoms with E-state index >= 15 is 0 Å². The van der Waals surface area contributed by atoms with Crippen molar-refractivity contribution in [2.24, 2.45) is 5.92 Å². The molecule has 3 aromatic rings. The van der Waals surface area contributed by atoms with Crippen LogP contribution in [0.3, 0.4) is 0 Å². The largest absolute Gasteiger partial charge is 0.492 e. The van der Waals surface area contributed by atoms with Crippen LogP contribution in [-0.2, 0) is 19.6 Å². The van der Waals surface area contributed by atoms with Gasteiger partial charge in [0.1, 0.15) is 11.6 Å². The zero-order chi connectivity index (χ0) is 17.8. The summed E-state index contributed by atoms with van der Waals surface area (Å²) in [5, 5.41) is 0. The zero-order valence-electron chi connectivity index (χ0n) is 14.5. The van der Waals surface area contributed by atoms with Crippen molar-refractivity contribution in [2.45, 2.75) is 19.6 Å². The third-order valence-corrected chi connectivity index (χ3v) is 4.59. The van der Waals surface area contributed by atoms with Gasteiger partial charge in [-0.3, -0.25) is 9.88 Å². The van der Waals surface area contributed by atoms with Crippen LogP contribution < -0.4 is 4.74 Å². The SMILES string of the molecule is Fc1ccc(CN2Cc3cncn3C[C@@H](COc3cccnc3)C2)cc1. The molecule has 3 heterocycles. The van der Waals surface area contributed by atoms with Gasteiger partial charge in [-0.25, -0.2) is 9.37 Å². The number of hydrogen-bond donors (Lipinski definition) is 0. The minimum atomic E-state index is -0.203. The summed E-state index contributed by atoms with van der Waals surface area (Å²) in [5.74, 6) is 0.907. The highest BCUT2D eigenvalue weighted by molar-refractivity contribution is 5.17. The van der Waals surface area contributed by atoms with Gasteiger partial charge in [-0.15, -0.1) is 0 Å². The Morgan fingerprint density at radius 3 is 2.77 bits per heavy atom. The fourth-order valence-electron chi connectivity index (χ4n) is 3.36. The molecule has 0 amide bonds. The van der Waals surface area contributed by atoms with Gasteiger partial charge in [0.25, 0.3) is 0 Å². The van der Waals surface area contributed by atoms with E-state index in [0.29, 0.717) is 12.5 Å². The van der Waals surface area contributed by atoms with Gasteiger partial charge in [0.15, 0.2) is 0 Å². The molecule has 1 aliphatic rings. The molecule has 1 aromatic carbocycles. The Morgan fingerprint density at radius 1 is 1.08 bits per heavy atom. The van der Waals surface area contributed by atoms with Crippen molar-refractivity contribution in [3.63, 3.8) is 0 Å². The fraction of sp³-hybridized carbons (Fsp3) is 0.300. The van der Waals surface area contributed by atoms with Crippen molar-refractivity contribution < 1.29 is 9.13 Å². The number of halogens is 1. The monoisotopic (exact) mass is 352 g/mol. The molecular weight excluding hydrogens is 331 g/mol. The maximum atomic E-state index is 13.2. The van der Waals surface area contributed by atoms with E-state index in [1.165, 1.54) is 17.8 Å². The van der Waals surface area contributed by atoms with E-state index in [9.17, 15) is 4.39 Å². The number of rotatable bonds is 5. The van der Waals surface area contributed by atoms with Crippen molar-refractivity contribution in [1.29, 1.82) is 0 Å². The lowest BCUT2D eigenvalue weighted by Crippen LogP contribution is -2.30. The van der Waals surface area contributed by atoms with Crippen LogP contribution in [0.15, 0.2) is 61.3 Å². The van der Waals surface area contributed by atoms with E-state index in [2.05, 4.69) is 19.4 Å². The predicted molar refractivity (Wildman–Crippen MR) is 96.0 cm³/mol. The Labute approximate surface area is 152 Å². The summed E-state index contributed by atoms with van der Waals surface area (Å²) < 4.78 is 21.3. The van der Waals surface area contributed by atoms with Crippen molar-refractivity contribution in [3.8, 4) is 5.75 Å². The molecule has 0 bridgehead atoms. The topological polar surface area (TPSA) is 43.2 Å². The first-order chi connectivity index (χ1) is 12.8. The summed E-state index contributed by atoms with van der Waals surface area (Å²) in [6.45, 7) is 3.98. The lowest BCUT2D eigenvalue weighted by atomic mass is 10.1. The molecule has 0 N–H and O–H groups in total. The first-order valence-electron chi connectivity index (χ1n) is 8.75. The lowest BCUT2D eigenvalue weighted by Gasteiger charge is -2.24. The number of nitrogens with zero attached hydrogens (tertiary/aromatic N) is 4. The summed E-state index contributed by atoms with van der Waals surface area (Å²) >= 11 is 0. The van der Waals surface area contributed by atoms with Gasteiger partial charge in [-0.1, -0.05) is 12.1 Å². The van der Waals surface area contributed by atoms with E-state index in [0.717, 1.165) is 37.5 Å². The average Bonchev–Trinajstić information content (AvgIpc) is 3.02. The normalized spacial score (nSPS) is 17.5. The molecule has 2 aromatic heterocycles. The van der Waals surface area contributed by atoms with Gasteiger partial charge in [0.2, 0.25) is 0 Å². The molecule has 1 atom stereocenters. The van der Waals surface area contributed by atoms with Gasteiger partial charge in [0.05, 0.1) is 24.8 Å². The number of ether oxygens (including phenoxy) is 1. The summed E-state index contributed by atoms with van der Waals surface area (Å²) in [4.78, 5) is 10.7. The minimum absolute atomic E-state index is 0.203. The van der Waals surface area contributed by atoms with Crippen molar-refractivity contribution in [2.75, 3.05) is 13.2 Å². The molecule has 0 aliphatic carbocycles. The molecule has 26 heavy (non-hydrogen) atoms. The van der Waals surface area contributed by atoms with Gasteiger partial charge in [-0.2, -0.15) is 0 Å². The highest BCUT2D eigenvalue weighted by Crippen LogP contribution is 2.20. The number of hydrogen-bond acceptors (Lipinski definition) is 4. The Balaban J connectivity index is 1.47. The molecule has 0 saturated heterocycles. The van der Waals surface area contributed by atoms with Gasteiger partial charge in [-0.05, 0) is 29.8 Å². The summed E-state index contributed by atoms with van der Waals surface area (Å²) in [6.07, 6.45) is 7.27. The van der Waals surface area contributed by atoms with Crippen LogP contribution in [0, 0.1) is 11.7 Å². The van der Waals surface area contributed by atoms with Crippen molar-refractivity contribution in [3.05, 3.63) is 78.4 Å². The van der Waals surface area contributed by atoms with E-state index in [-0.39, 0.29) is 5.82 Å². The first-order valence-corrected chi connectivity index (χ1v) is 8.75. The van der Waals surface area contributed by atoms with Crippen molar-refractivity contribution >= 4 is 0 Å². The van der Waals surface area contributed by atoms with Gasteiger partial charge in [0, 0.05) is 44.5 Å². The second kappa shape index (κ2) is 7.66. The van der Waals surface area contributed by atoms with Crippen LogP contribution >= 0.6 is 0 Å². The standard InChI is InChI=1S/C20H21FN4O/c21-18-5-3-16(4-6-18)10-24-11-17(12-25-15-23-8-19(25)13-24)14-26-20-2-1-7-22-9-20/h1-9,15,17H,10-14H2/t17-/m0/s1. The van der Waals surface area contributed by atoms with E-state index in [1.807, 2.05) is 36.8 Å². The molecule has 4 rings (SSSR count). The number of benzene rings is 1. The highest BCUT2D eigenvalue weighted by Gasteiger charge is 2.22. The second-order valence-electron chi connectivity index (χ2n) is 6.70. The maximum absolute atomic E-state index is 13.2. The van der Waals surface area contributed by atoms with E-state index in [4.69, 9.17) is 4.74 Å². The molecule has 0 spiro atoms. The molecular formula is C20H21FN4O. The second-order valence-corrected chi connectivity index (χ2v) is 6.70. The molecule has 0 radical (unpaired) electrons. The van der Waals surface area contributed by atoms with Crippen LogP contribution in [0.4, 0.5) is 4.39 Å². The molecule has 0 unspecified atom stereocenters. The van der Waals surface area contributed by atoms with Crippen molar-refractivity contribution in [1.82, 2.24) is 19.4 Å². The fourth-order valence-corrected chi connectivity index (χ4v) is 3.36. The van der Waals surface area contributed by atoms with Crippen LogP contribution in [0.5, 0.6) is 5.75 Å². The Kier molecular flexibility index (Phi) is 4.93. The molecule has 134 valence electrons. The predicted octanol–water partition coefficient (Wildman–Crippen LogP) is 3.13. The highest BCUT2D eigenvalue weighted by atomic mass is 19.1. The molecule has 5 nitrogen and oxygen atoms in total. The number of pyridine rings is 1. The molecule has 0 saturated carbocycles. The Morgan fingerprint density at radius 2 is 1.96 bits per heavy atom. The van der Waals surface area contributed by atoms with E-state index in [1.54, 1.807) is 12.4 Å². The van der Waals surface area contributed by atoms with Gasteiger partial charge < -0.3 is 9.30 Å². The van der Waals surface area contributed by atoms with Crippen LogP contribution in [0.2, 0.25) is 0 Å². The Hall–Kier alpha value is -2.73. The third kappa shape index (κ3) is 4.08. The quantitative estimate of drug-likeness (QED) is 0.708. The summed E-state index contributed by atoms with van der Waals surface area (Å²) in [5.41, 5.74) is 2.29. The molecule has 6 heteroatoms. The molecule has 0 fully saturated rings. The van der Waals surface area contributed by atoms with E-state index < -0.39 is 0 Å².